The molecule has 1 aliphatic rings. The molecule has 33 heavy (non-hydrogen) atoms. The highest BCUT2D eigenvalue weighted by molar-refractivity contribution is 7.92. The maximum absolute atomic E-state index is 13.1. The highest BCUT2D eigenvalue weighted by atomic mass is 32.2. The third-order valence-corrected chi connectivity index (χ3v) is 8.85. The maximum Gasteiger partial charge on any atom is 0.255 e. The van der Waals surface area contributed by atoms with Crippen LogP contribution >= 0.6 is 0 Å². The van der Waals surface area contributed by atoms with E-state index in [2.05, 4.69) is 10.0 Å². The zero-order valence-electron chi connectivity index (χ0n) is 18.9. The van der Waals surface area contributed by atoms with Gasteiger partial charge in [0.1, 0.15) is 5.75 Å². The van der Waals surface area contributed by atoms with Crippen LogP contribution < -0.4 is 14.8 Å². The van der Waals surface area contributed by atoms with Crippen LogP contribution in [0.2, 0.25) is 0 Å². The van der Waals surface area contributed by atoms with Crippen LogP contribution in [0.15, 0.2) is 47.4 Å². The number of nitrogens with zero attached hydrogens (tertiary/aromatic N) is 1. The fraction of sp³-hybridized carbons (Fsp3) is 0.409. The van der Waals surface area contributed by atoms with E-state index < -0.39 is 26.0 Å². The minimum Gasteiger partial charge on any atom is -0.494 e. The van der Waals surface area contributed by atoms with Crippen LogP contribution in [0.5, 0.6) is 5.75 Å². The van der Waals surface area contributed by atoms with Crippen molar-refractivity contribution in [3.8, 4) is 5.75 Å². The van der Waals surface area contributed by atoms with Crippen LogP contribution in [0.25, 0.3) is 0 Å². The molecule has 1 saturated heterocycles. The smallest absolute Gasteiger partial charge is 0.255 e. The normalized spacial score (nSPS) is 17.4. The molecule has 180 valence electrons. The Balaban J connectivity index is 1.81. The van der Waals surface area contributed by atoms with Crippen LogP contribution in [0, 0.1) is 0 Å². The first kappa shape index (κ1) is 25.0. The van der Waals surface area contributed by atoms with Gasteiger partial charge in [-0.3, -0.25) is 9.52 Å². The largest absolute Gasteiger partial charge is 0.494 e. The Hall–Kier alpha value is -2.63. The minimum atomic E-state index is -3.71. The van der Waals surface area contributed by atoms with E-state index in [1.807, 2.05) is 6.92 Å². The highest BCUT2D eigenvalue weighted by Gasteiger charge is 2.31. The van der Waals surface area contributed by atoms with Gasteiger partial charge in [0.05, 0.1) is 23.4 Å². The van der Waals surface area contributed by atoms with Gasteiger partial charge in [0.15, 0.2) is 0 Å². The summed E-state index contributed by atoms with van der Waals surface area (Å²) in [4.78, 5) is 12.9. The second kappa shape index (κ2) is 10.1. The Kier molecular flexibility index (Phi) is 7.65. The SMILES string of the molecule is CCS(=O)(=O)Nc1ccc(NC(=O)c2cccc(S(=O)(=O)N3CCCCC3C)c2)cc1OC. The molecular formula is C22H29N3O6S2. The fourth-order valence-electron chi connectivity index (χ4n) is 3.66. The molecule has 1 atom stereocenters. The van der Waals surface area contributed by atoms with Gasteiger partial charge in [-0.25, -0.2) is 16.8 Å². The number of benzene rings is 2. The summed E-state index contributed by atoms with van der Waals surface area (Å²) in [7, 11) is -5.81. The highest BCUT2D eigenvalue weighted by Crippen LogP contribution is 2.30. The summed E-state index contributed by atoms with van der Waals surface area (Å²) < 4.78 is 59.1. The average molecular weight is 496 g/mol. The summed E-state index contributed by atoms with van der Waals surface area (Å²) in [5, 5.41) is 2.70. The van der Waals surface area contributed by atoms with Gasteiger partial charge in [-0.1, -0.05) is 12.5 Å². The summed E-state index contributed by atoms with van der Waals surface area (Å²) in [6.07, 6.45) is 2.62. The van der Waals surface area contributed by atoms with Crippen molar-refractivity contribution in [2.45, 2.75) is 44.0 Å². The van der Waals surface area contributed by atoms with E-state index in [-0.39, 0.29) is 33.7 Å². The van der Waals surface area contributed by atoms with Crippen LogP contribution in [-0.2, 0) is 20.0 Å². The number of ether oxygens (including phenoxy) is 1. The molecule has 3 rings (SSSR count). The number of anilines is 2. The van der Waals surface area contributed by atoms with Crippen molar-refractivity contribution in [1.29, 1.82) is 0 Å². The van der Waals surface area contributed by atoms with E-state index >= 15 is 0 Å². The second-order valence-electron chi connectivity index (χ2n) is 7.86. The predicted octanol–water partition coefficient (Wildman–Crippen LogP) is 3.27. The number of hydrogen-bond donors (Lipinski definition) is 2. The zero-order chi connectivity index (χ0) is 24.2. The van der Waals surface area contributed by atoms with E-state index in [0.717, 1.165) is 19.3 Å². The van der Waals surface area contributed by atoms with E-state index in [4.69, 9.17) is 4.74 Å². The molecule has 1 unspecified atom stereocenters. The lowest BCUT2D eigenvalue weighted by atomic mass is 10.1. The number of amides is 1. The summed E-state index contributed by atoms with van der Waals surface area (Å²) in [6, 6.07) is 10.4. The first-order chi connectivity index (χ1) is 15.6. The van der Waals surface area contributed by atoms with Gasteiger partial charge in [0.25, 0.3) is 5.91 Å². The molecule has 2 aromatic carbocycles. The van der Waals surface area contributed by atoms with E-state index in [0.29, 0.717) is 12.2 Å². The molecule has 1 aliphatic heterocycles. The number of piperidine rings is 1. The van der Waals surface area contributed by atoms with Crippen LogP contribution in [0.1, 0.15) is 43.5 Å². The monoisotopic (exact) mass is 495 g/mol. The molecule has 0 radical (unpaired) electrons. The molecule has 0 aromatic heterocycles. The van der Waals surface area contributed by atoms with Gasteiger partial charge in [0.2, 0.25) is 20.0 Å². The molecule has 0 bridgehead atoms. The second-order valence-corrected chi connectivity index (χ2v) is 11.8. The number of hydrogen-bond acceptors (Lipinski definition) is 6. The third kappa shape index (κ3) is 5.84. The lowest BCUT2D eigenvalue weighted by molar-refractivity contribution is 0.102. The molecule has 1 amide bonds. The number of rotatable bonds is 8. The zero-order valence-corrected chi connectivity index (χ0v) is 20.5. The van der Waals surface area contributed by atoms with Crippen molar-refractivity contribution < 1.29 is 26.4 Å². The Morgan fingerprint density at radius 3 is 2.55 bits per heavy atom. The first-order valence-corrected chi connectivity index (χ1v) is 13.8. The van der Waals surface area contributed by atoms with E-state index in [9.17, 15) is 21.6 Å². The van der Waals surface area contributed by atoms with Crippen molar-refractivity contribution in [3.63, 3.8) is 0 Å². The van der Waals surface area contributed by atoms with Gasteiger partial charge >= 0.3 is 0 Å². The Morgan fingerprint density at radius 1 is 1.12 bits per heavy atom. The van der Waals surface area contributed by atoms with Crippen LogP contribution in [-0.4, -0.2) is 52.5 Å². The predicted molar refractivity (Wildman–Crippen MR) is 128 cm³/mol. The molecular weight excluding hydrogens is 466 g/mol. The van der Waals surface area contributed by atoms with Crippen LogP contribution in [0.3, 0.4) is 0 Å². The summed E-state index contributed by atoms with van der Waals surface area (Å²) >= 11 is 0. The molecule has 2 aromatic rings. The van der Waals surface area contributed by atoms with Crippen molar-refractivity contribution in [3.05, 3.63) is 48.0 Å². The molecule has 1 heterocycles. The van der Waals surface area contributed by atoms with Gasteiger partial charge in [-0.05, 0) is 57.0 Å². The summed E-state index contributed by atoms with van der Waals surface area (Å²) in [5.74, 6) is -0.354. The van der Waals surface area contributed by atoms with E-state index in [1.54, 1.807) is 6.07 Å². The Labute approximate surface area is 195 Å². The Bertz CT molecular complexity index is 1230. The summed E-state index contributed by atoms with van der Waals surface area (Å²) in [5.41, 5.74) is 0.811. The van der Waals surface area contributed by atoms with Gasteiger partial charge in [-0.2, -0.15) is 4.31 Å². The number of nitrogens with one attached hydrogen (secondary N) is 2. The number of sulfonamides is 2. The van der Waals surface area contributed by atoms with Crippen molar-refractivity contribution in [2.75, 3.05) is 29.4 Å². The van der Waals surface area contributed by atoms with Crippen molar-refractivity contribution in [2.24, 2.45) is 0 Å². The van der Waals surface area contributed by atoms with Gasteiger partial charge in [0, 0.05) is 29.9 Å². The molecule has 0 saturated carbocycles. The average Bonchev–Trinajstić information content (AvgIpc) is 2.80. The van der Waals surface area contributed by atoms with Crippen molar-refractivity contribution >= 4 is 37.3 Å². The molecule has 9 nitrogen and oxygen atoms in total. The standard InChI is InChI=1S/C22H29N3O6S2/c1-4-32(27,28)24-20-12-11-18(15-21(20)31-3)23-22(26)17-9-7-10-19(14-17)33(29,30)25-13-6-5-8-16(25)2/h7,9-12,14-16,24H,4-6,8,13H2,1-3H3,(H,23,26). The summed E-state index contributed by atoms with van der Waals surface area (Å²) in [6.45, 7) is 3.88. The van der Waals surface area contributed by atoms with Gasteiger partial charge in [-0.15, -0.1) is 0 Å². The molecule has 0 aliphatic carbocycles. The molecule has 2 N–H and O–H groups in total. The quantitative estimate of drug-likeness (QED) is 0.580. The fourth-order valence-corrected chi connectivity index (χ4v) is 6.05. The number of carbonyl (C=O) groups excluding carboxylic acids is 1. The molecule has 0 spiro atoms. The van der Waals surface area contributed by atoms with Crippen molar-refractivity contribution in [1.82, 2.24) is 4.31 Å². The number of carbonyl (C=O) groups is 1. The third-order valence-electron chi connectivity index (χ3n) is 5.55. The maximum atomic E-state index is 13.1. The van der Waals surface area contributed by atoms with E-state index in [1.165, 1.54) is 54.7 Å². The lowest BCUT2D eigenvalue weighted by Gasteiger charge is -2.32. The molecule has 1 fully saturated rings. The first-order valence-electron chi connectivity index (χ1n) is 10.7. The number of methoxy groups -OCH3 is 1. The minimum absolute atomic E-state index is 0.0748. The van der Waals surface area contributed by atoms with Crippen LogP contribution in [0.4, 0.5) is 11.4 Å². The molecule has 11 heteroatoms. The topological polar surface area (TPSA) is 122 Å². The van der Waals surface area contributed by atoms with Gasteiger partial charge < -0.3 is 10.1 Å². The Morgan fingerprint density at radius 2 is 1.88 bits per heavy atom. The lowest BCUT2D eigenvalue weighted by Crippen LogP contribution is -2.41.